The fraction of sp³-hybridized carbons (Fsp3) is 0.529. The van der Waals surface area contributed by atoms with Crippen LogP contribution < -0.4 is 0 Å². The summed E-state index contributed by atoms with van der Waals surface area (Å²) in [6.45, 7) is 3.75. The van der Waals surface area contributed by atoms with E-state index in [9.17, 15) is 5.11 Å². The Morgan fingerprint density at radius 2 is 1.86 bits per heavy atom. The molecule has 0 amide bonds. The predicted molar refractivity (Wildman–Crippen MR) is 81.6 cm³/mol. The zero-order valence-electron chi connectivity index (χ0n) is 12.8. The molecule has 0 aliphatic carbocycles. The van der Waals surface area contributed by atoms with Gasteiger partial charge >= 0.3 is 0 Å². The number of ether oxygens (including phenoxy) is 3. The Morgan fingerprint density at radius 3 is 2.59 bits per heavy atom. The first-order valence-electron chi connectivity index (χ1n) is 7.74. The number of para-hydroxylation sites is 1. The van der Waals surface area contributed by atoms with Crippen molar-refractivity contribution in [2.45, 2.75) is 50.5 Å². The zero-order chi connectivity index (χ0) is 15.3. The number of hydrogen-bond donors (Lipinski definition) is 2. The van der Waals surface area contributed by atoms with Gasteiger partial charge < -0.3 is 24.3 Å². The van der Waals surface area contributed by atoms with Crippen molar-refractivity contribution in [3.05, 3.63) is 36.0 Å². The number of aliphatic hydroxyl groups is 1. The number of aromatic nitrogens is 1. The topological polar surface area (TPSA) is 63.7 Å². The molecule has 2 saturated heterocycles. The Kier molecular flexibility index (Phi) is 3.27. The van der Waals surface area contributed by atoms with Crippen molar-refractivity contribution in [2.75, 3.05) is 6.61 Å². The lowest BCUT2D eigenvalue weighted by atomic mass is 10.0. The lowest BCUT2D eigenvalue weighted by Gasteiger charge is -2.23. The van der Waals surface area contributed by atoms with E-state index >= 15 is 0 Å². The van der Waals surface area contributed by atoms with E-state index in [1.54, 1.807) is 0 Å². The SMILES string of the molecule is CC1(C)O[C@@H]2[C@H](O1)[C@@H](CO)O[C@@H]2Cc1cc2ccccc2[nH]1. The van der Waals surface area contributed by atoms with Crippen LogP contribution in [0.1, 0.15) is 19.5 Å². The Bertz CT molecular complexity index is 647. The van der Waals surface area contributed by atoms with Crippen LogP contribution in [0.4, 0.5) is 0 Å². The Balaban J connectivity index is 1.57. The quantitative estimate of drug-likeness (QED) is 0.910. The third kappa shape index (κ3) is 2.34. The van der Waals surface area contributed by atoms with Gasteiger partial charge in [-0.3, -0.25) is 0 Å². The monoisotopic (exact) mass is 303 g/mol. The summed E-state index contributed by atoms with van der Waals surface area (Å²) in [6.07, 6.45) is -0.0581. The zero-order valence-corrected chi connectivity index (χ0v) is 12.8. The lowest BCUT2D eigenvalue weighted by molar-refractivity contribution is -0.190. The predicted octanol–water partition coefficient (Wildman–Crippen LogP) is 1.99. The molecule has 1 aromatic heterocycles. The molecule has 3 heterocycles. The van der Waals surface area contributed by atoms with Gasteiger partial charge in [-0.05, 0) is 31.4 Å². The summed E-state index contributed by atoms with van der Waals surface area (Å²) in [4.78, 5) is 3.42. The minimum absolute atomic E-state index is 0.0518. The van der Waals surface area contributed by atoms with Crippen LogP contribution in [-0.2, 0) is 20.6 Å². The van der Waals surface area contributed by atoms with Crippen molar-refractivity contribution in [1.29, 1.82) is 0 Å². The van der Waals surface area contributed by atoms with Crippen LogP contribution in [0.5, 0.6) is 0 Å². The Hall–Kier alpha value is -1.40. The van der Waals surface area contributed by atoms with Gasteiger partial charge in [0.05, 0.1) is 12.7 Å². The second-order valence-corrected chi connectivity index (χ2v) is 6.55. The standard InChI is InChI=1S/C17H21NO4/c1-17(2)21-15-13(20-14(9-19)16(15)22-17)8-11-7-10-5-3-4-6-12(10)18-11/h3-7,13-16,18-19H,8-9H2,1-2H3/t13-,14-,15+,16-/m1/s1. The molecular formula is C17H21NO4. The van der Waals surface area contributed by atoms with E-state index < -0.39 is 5.79 Å². The highest BCUT2D eigenvalue weighted by Gasteiger charge is 2.54. The Labute approximate surface area is 129 Å². The molecule has 5 nitrogen and oxygen atoms in total. The average Bonchev–Trinajstić information content (AvgIpc) is 3.10. The molecule has 0 saturated carbocycles. The maximum atomic E-state index is 9.51. The summed E-state index contributed by atoms with van der Waals surface area (Å²) in [5.74, 6) is -0.620. The number of aliphatic hydroxyl groups excluding tert-OH is 1. The number of fused-ring (bicyclic) bond motifs is 2. The third-order valence-corrected chi connectivity index (χ3v) is 4.43. The highest BCUT2D eigenvalue weighted by Crippen LogP contribution is 2.39. The summed E-state index contributed by atoms with van der Waals surface area (Å²) in [6, 6.07) is 10.3. The van der Waals surface area contributed by atoms with E-state index in [0.29, 0.717) is 6.42 Å². The smallest absolute Gasteiger partial charge is 0.164 e. The van der Waals surface area contributed by atoms with Gasteiger partial charge in [-0.1, -0.05) is 18.2 Å². The van der Waals surface area contributed by atoms with Gasteiger partial charge in [-0.15, -0.1) is 0 Å². The first-order chi connectivity index (χ1) is 10.6. The molecule has 2 aromatic rings. The molecule has 0 radical (unpaired) electrons. The summed E-state index contributed by atoms with van der Waals surface area (Å²) in [5.41, 5.74) is 2.23. The van der Waals surface area contributed by atoms with Gasteiger partial charge in [0.2, 0.25) is 0 Å². The van der Waals surface area contributed by atoms with Crippen molar-refractivity contribution in [3.63, 3.8) is 0 Å². The average molecular weight is 303 g/mol. The van der Waals surface area contributed by atoms with E-state index in [2.05, 4.69) is 23.2 Å². The van der Waals surface area contributed by atoms with Crippen LogP contribution in [0, 0.1) is 0 Å². The minimum atomic E-state index is -0.620. The van der Waals surface area contributed by atoms with Crippen molar-refractivity contribution < 1.29 is 19.3 Å². The van der Waals surface area contributed by atoms with Crippen molar-refractivity contribution >= 4 is 10.9 Å². The maximum Gasteiger partial charge on any atom is 0.164 e. The summed E-state index contributed by atoms with van der Waals surface area (Å²) < 4.78 is 17.8. The number of benzene rings is 1. The first-order valence-corrected chi connectivity index (χ1v) is 7.74. The summed E-state index contributed by atoms with van der Waals surface area (Å²) in [5, 5.41) is 10.7. The molecule has 4 atom stereocenters. The van der Waals surface area contributed by atoms with Crippen molar-refractivity contribution in [1.82, 2.24) is 4.98 Å². The van der Waals surface area contributed by atoms with Crippen LogP contribution in [0.15, 0.2) is 30.3 Å². The van der Waals surface area contributed by atoms with Gasteiger partial charge in [0.25, 0.3) is 0 Å². The maximum absolute atomic E-state index is 9.51. The summed E-state index contributed by atoms with van der Waals surface area (Å²) >= 11 is 0. The lowest BCUT2D eigenvalue weighted by Crippen LogP contribution is -2.32. The fourth-order valence-electron chi connectivity index (χ4n) is 3.54. The largest absolute Gasteiger partial charge is 0.394 e. The second-order valence-electron chi connectivity index (χ2n) is 6.55. The number of H-pyrrole nitrogens is 1. The van der Waals surface area contributed by atoms with Crippen molar-refractivity contribution in [2.24, 2.45) is 0 Å². The van der Waals surface area contributed by atoms with Gasteiger partial charge in [0.1, 0.15) is 18.3 Å². The first kappa shape index (κ1) is 14.2. The fourth-order valence-corrected chi connectivity index (χ4v) is 3.54. The van der Waals surface area contributed by atoms with Crippen LogP contribution in [-0.4, -0.2) is 46.9 Å². The molecule has 22 heavy (non-hydrogen) atoms. The van der Waals surface area contributed by atoms with Gasteiger partial charge in [0, 0.05) is 17.6 Å². The molecule has 2 aliphatic heterocycles. The molecule has 2 N–H and O–H groups in total. The van der Waals surface area contributed by atoms with Crippen LogP contribution in [0.2, 0.25) is 0 Å². The molecule has 0 spiro atoms. The molecule has 118 valence electrons. The van der Waals surface area contributed by atoms with Gasteiger partial charge in [-0.2, -0.15) is 0 Å². The van der Waals surface area contributed by atoms with E-state index in [4.69, 9.17) is 14.2 Å². The van der Waals surface area contributed by atoms with Gasteiger partial charge in [-0.25, -0.2) is 0 Å². The molecule has 0 unspecified atom stereocenters. The molecule has 5 heteroatoms. The van der Waals surface area contributed by atoms with Crippen LogP contribution >= 0.6 is 0 Å². The molecule has 4 rings (SSSR count). The number of aromatic amines is 1. The van der Waals surface area contributed by atoms with E-state index in [1.165, 1.54) is 5.39 Å². The molecule has 2 fully saturated rings. The van der Waals surface area contributed by atoms with E-state index in [-0.39, 0.29) is 31.0 Å². The van der Waals surface area contributed by atoms with Crippen LogP contribution in [0.25, 0.3) is 10.9 Å². The van der Waals surface area contributed by atoms with Crippen LogP contribution in [0.3, 0.4) is 0 Å². The molecular weight excluding hydrogens is 282 g/mol. The number of hydrogen-bond acceptors (Lipinski definition) is 4. The van der Waals surface area contributed by atoms with E-state index in [0.717, 1.165) is 11.2 Å². The van der Waals surface area contributed by atoms with Gasteiger partial charge in [0.15, 0.2) is 5.79 Å². The minimum Gasteiger partial charge on any atom is -0.394 e. The number of rotatable bonds is 3. The van der Waals surface area contributed by atoms with Crippen molar-refractivity contribution in [3.8, 4) is 0 Å². The molecule has 1 aromatic carbocycles. The summed E-state index contributed by atoms with van der Waals surface area (Å²) in [7, 11) is 0. The van der Waals surface area contributed by atoms with E-state index in [1.807, 2.05) is 26.0 Å². The molecule has 0 bridgehead atoms. The highest BCUT2D eigenvalue weighted by molar-refractivity contribution is 5.80. The highest BCUT2D eigenvalue weighted by atomic mass is 16.8. The Morgan fingerprint density at radius 1 is 1.14 bits per heavy atom. The number of nitrogens with one attached hydrogen (secondary N) is 1. The third-order valence-electron chi connectivity index (χ3n) is 4.43. The second kappa shape index (κ2) is 5.06. The molecule has 2 aliphatic rings. The normalized spacial score (nSPS) is 33.4.